The van der Waals surface area contributed by atoms with Crippen LogP contribution in [0.1, 0.15) is 84.5 Å². The average molecular weight is 787 g/mol. The normalized spacial score (nSPS) is 21.5. The number of carbonyl (C=O) groups is 2. The Kier molecular flexibility index (Phi) is 12.3. The fourth-order valence-electron chi connectivity index (χ4n) is 8.58. The molecule has 0 aliphatic carbocycles. The smallest absolute Gasteiger partial charge is 0.410 e. The van der Waals surface area contributed by atoms with E-state index in [1.165, 1.54) is 28.8 Å². The minimum Gasteiger partial charge on any atom is -0.451 e. The fraction of sp³-hybridized carbons (Fsp3) is 0.692. The summed E-state index contributed by atoms with van der Waals surface area (Å²) in [6, 6.07) is 3.84. The van der Waals surface area contributed by atoms with Gasteiger partial charge in [0.05, 0.1) is 11.8 Å². The topological polar surface area (TPSA) is 132 Å². The maximum atomic E-state index is 14.4. The molecule has 304 valence electrons. The van der Waals surface area contributed by atoms with E-state index in [0.717, 1.165) is 52.0 Å². The van der Waals surface area contributed by atoms with Crippen LogP contribution in [0.15, 0.2) is 30.7 Å². The third-order valence-corrected chi connectivity index (χ3v) is 13.2. The van der Waals surface area contributed by atoms with Crippen molar-refractivity contribution < 1.29 is 31.9 Å². The van der Waals surface area contributed by atoms with Crippen molar-refractivity contribution >= 4 is 28.0 Å². The molecule has 16 heteroatoms. The average Bonchev–Trinajstić information content (AvgIpc) is 3.40. The Balaban J connectivity index is 0.999. The molecule has 5 heterocycles. The summed E-state index contributed by atoms with van der Waals surface area (Å²) < 4.78 is 56.8. The number of hydrogen-bond donors (Lipinski definition) is 0. The molecule has 0 N–H and O–H groups in total. The summed E-state index contributed by atoms with van der Waals surface area (Å²) in [6.45, 7) is 20.1. The minimum absolute atomic E-state index is 0.0814. The first-order valence-electron chi connectivity index (χ1n) is 19.8. The van der Waals surface area contributed by atoms with Gasteiger partial charge in [-0.15, -0.1) is 0 Å². The van der Waals surface area contributed by atoms with Gasteiger partial charge < -0.3 is 29.1 Å². The molecule has 0 unspecified atom stereocenters. The summed E-state index contributed by atoms with van der Waals surface area (Å²) >= 11 is 0. The summed E-state index contributed by atoms with van der Waals surface area (Å²) in [6.07, 6.45) is 5.90. The molecule has 0 bridgehead atoms. The van der Waals surface area contributed by atoms with Crippen LogP contribution in [0.2, 0.25) is 0 Å². The Morgan fingerprint density at radius 3 is 2.33 bits per heavy atom. The van der Waals surface area contributed by atoms with E-state index in [1.807, 2.05) is 48.5 Å². The third kappa shape index (κ3) is 9.51. The summed E-state index contributed by atoms with van der Waals surface area (Å²) in [5.74, 6) is 0.906. The fourth-order valence-corrected chi connectivity index (χ4v) is 10.2. The van der Waals surface area contributed by atoms with Gasteiger partial charge in [0, 0.05) is 84.1 Å². The highest BCUT2D eigenvalue weighted by Crippen LogP contribution is 2.42. The van der Waals surface area contributed by atoms with Crippen molar-refractivity contribution in [2.75, 3.05) is 76.9 Å². The lowest BCUT2D eigenvalue weighted by Gasteiger charge is -2.54. The van der Waals surface area contributed by atoms with Crippen LogP contribution in [-0.2, 0) is 14.9 Å². The first-order valence-corrected chi connectivity index (χ1v) is 21.1. The van der Waals surface area contributed by atoms with Gasteiger partial charge in [-0.05, 0) is 104 Å². The number of carbonyl (C=O) groups excluding carboxylic acids is 2. The van der Waals surface area contributed by atoms with Gasteiger partial charge >= 0.3 is 6.09 Å². The molecule has 1 spiro atoms. The number of benzene rings is 1. The number of anilines is 1. The van der Waals surface area contributed by atoms with Gasteiger partial charge in [-0.1, -0.05) is 0 Å². The highest BCUT2D eigenvalue weighted by Gasteiger charge is 2.48. The number of halogens is 1. The van der Waals surface area contributed by atoms with Crippen molar-refractivity contribution in [3.05, 3.63) is 42.1 Å². The molecule has 0 saturated carbocycles. The summed E-state index contributed by atoms with van der Waals surface area (Å²) in [4.78, 5) is 43.0. The second kappa shape index (κ2) is 16.5. The molecule has 2 amide bonds. The number of piperidine rings is 1. The van der Waals surface area contributed by atoms with Gasteiger partial charge in [-0.25, -0.2) is 19.2 Å². The molecule has 1 aromatic heterocycles. The molecule has 55 heavy (non-hydrogen) atoms. The molecule has 1 atom stereocenters. The molecular weight excluding hydrogens is 728 g/mol. The Hall–Kier alpha value is -3.60. The molecule has 0 radical (unpaired) electrons. The van der Waals surface area contributed by atoms with Gasteiger partial charge in [0.2, 0.25) is 0 Å². The lowest BCUT2D eigenvalue weighted by atomic mass is 9.72. The molecule has 2 aromatic rings. The van der Waals surface area contributed by atoms with E-state index in [-0.39, 0.29) is 41.3 Å². The van der Waals surface area contributed by atoms with Crippen molar-refractivity contribution in [3.8, 4) is 11.5 Å². The number of nitrogens with zero attached hydrogens (tertiary/aromatic N) is 8. The lowest BCUT2D eigenvalue weighted by molar-refractivity contribution is -0.0413. The zero-order valence-corrected chi connectivity index (χ0v) is 34.4. The van der Waals surface area contributed by atoms with E-state index < -0.39 is 27.7 Å². The SMILES string of the molecule is CC(C)N(C(=O)c1cc(F)ccc1Oc1cncnc1N1CC[C@@H](CN2CC3(CCN(S(=O)(=O)N4CCCN(C(=O)OC(C)(C)C)CC4)CC3)C2)C1)C(C)C. The van der Waals surface area contributed by atoms with Gasteiger partial charge in [-0.2, -0.15) is 17.0 Å². The lowest BCUT2D eigenvalue weighted by Crippen LogP contribution is -2.62. The van der Waals surface area contributed by atoms with Crippen molar-refractivity contribution in [3.63, 3.8) is 0 Å². The standard InChI is InChI=1S/C39H59FN8O6S/c1-28(2)48(29(3)4)36(49)32-21-31(40)9-10-33(32)53-34-22-41-27-42-35(34)45-16-11-30(24-45)23-43-25-39(26-43)12-17-47(18-13-39)55(51,52)46-15-8-14-44(19-20-46)37(50)54-38(5,6)7/h9-10,21-22,27-30H,8,11-20,23-26H2,1-7H3/t30-/m0/s1. The molecule has 4 aliphatic heterocycles. The monoisotopic (exact) mass is 786 g/mol. The zero-order chi connectivity index (χ0) is 39.7. The van der Waals surface area contributed by atoms with Crippen LogP contribution in [-0.4, -0.2) is 143 Å². The number of aromatic nitrogens is 2. The summed E-state index contributed by atoms with van der Waals surface area (Å²) in [7, 11) is -3.62. The van der Waals surface area contributed by atoms with E-state index >= 15 is 0 Å². The second-order valence-corrected chi connectivity index (χ2v) is 19.2. The summed E-state index contributed by atoms with van der Waals surface area (Å²) in [5, 5.41) is 0. The Labute approximate surface area is 326 Å². The van der Waals surface area contributed by atoms with Crippen molar-refractivity contribution in [1.82, 2.24) is 33.3 Å². The van der Waals surface area contributed by atoms with Crippen molar-refractivity contribution in [2.45, 2.75) is 91.8 Å². The van der Waals surface area contributed by atoms with E-state index in [4.69, 9.17) is 9.47 Å². The maximum absolute atomic E-state index is 14.4. The largest absolute Gasteiger partial charge is 0.451 e. The molecular formula is C39H59FN8O6S. The Bertz CT molecular complexity index is 1780. The molecule has 4 fully saturated rings. The van der Waals surface area contributed by atoms with Gasteiger partial charge in [0.1, 0.15) is 23.5 Å². The predicted molar refractivity (Wildman–Crippen MR) is 208 cm³/mol. The van der Waals surface area contributed by atoms with E-state index in [9.17, 15) is 22.4 Å². The van der Waals surface area contributed by atoms with E-state index in [1.54, 1.807) is 20.3 Å². The highest BCUT2D eigenvalue weighted by molar-refractivity contribution is 7.86. The second-order valence-electron chi connectivity index (χ2n) is 17.3. The van der Waals surface area contributed by atoms with Crippen LogP contribution in [0.4, 0.5) is 15.0 Å². The number of amides is 2. The van der Waals surface area contributed by atoms with E-state index in [0.29, 0.717) is 56.6 Å². The van der Waals surface area contributed by atoms with Crippen LogP contribution < -0.4 is 9.64 Å². The number of rotatable bonds is 10. The molecule has 6 rings (SSSR count). The Morgan fingerprint density at radius 1 is 0.964 bits per heavy atom. The van der Waals surface area contributed by atoms with Gasteiger partial charge in [0.25, 0.3) is 16.1 Å². The van der Waals surface area contributed by atoms with Crippen LogP contribution in [0.25, 0.3) is 0 Å². The van der Waals surface area contributed by atoms with Crippen molar-refractivity contribution in [2.24, 2.45) is 11.3 Å². The molecule has 1 aromatic carbocycles. The molecule has 4 aliphatic rings. The predicted octanol–water partition coefficient (Wildman–Crippen LogP) is 5.08. The third-order valence-electron chi connectivity index (χ3n) is 11.2. The van der Waals surface area contributed by atoms with Crippen LogP contribution >= 0.6 is 0 Å². The van der Waals surface area contributed by atoms with Gasteiger partial charge in [0.15, 0.2) is 11.6 Å². The first-order chi connectivity index (χ1) is 25.9. The van der Waals surface area contributed by atoms with Crippen LogP contribution in [0.5, 0.6) is 11.5 Å². The number of ether oxygens (including phenoxy) is 2. The number of hydrogen-bond acceptors (Lipinski definition) is 10. The summed E-state index contributed by atoms with van der Waals surface area (Å²) in [5.41, 5.74) is -0.313. The zero-order valence-electron chi connectivity index (χ0n) is 33.5. The minimum atomic E-state index is -3.62. The number of likely N-dealkylation sites (tertiary alicyclic amines) is 1. The Morgan fingerprint density at radius 2 is 1.65 bits per heavy atom. The molecule has 4 saturated heterocycles. The first kappa shape index (κ1) is 41.0. The van der Waals surface area contributed by atoms with E-state index in [2.05, 4.69) is 19.8 Å². The van der Waals surface area contributed by atoms with Crippen molar-refractivity contribution in [1.29, 1.82) is 0 Å². The highest BCUT2D eigenvalue weighted by atomic mass is 32.2. The maximum Gasteiger partial charge on any atom is 0.410 e. The van der Waals surface area contributed by atoms with Gasteiger partial charge in [-0.3, -0.25) is 4.79 Å². The molecule has 14 nitrogen and oxygen atoms in total. The quantitative estimate of drug-likeness (QED) is 0.322. The van der Waals surface area contributed by atoms with Crippen LogP contribution in [0, 0.1) is 17.2 Å². The van der Waals surface area contributed by atoms with Crippen LogP contribution in [0.3, 0.4) is 0 Å².